The smallest absolute Gasteiger partial charge is 0.416 e. The zero-order valence-electron chi connectivity index (χ0n) is 9.66. The summed E-state index contributed by atoms with van der Waals surface area (Å²) in [5.74, 6) is 0.689. The maximum Gasteiger partial charge on any atom is 0.416 e. The van der Waals surface area contributed by atoms with Gasteiger partial charge in [-0.15, -0.1) is 0 Å². The molecule has 0 aliphatic carbocycles. The molecule has 0 spiro atoms. The van der Waals surface area contributed by atoms with Gasteiger partial charge in [0.05, 0.1) is 5.56 Å². The van der Waals surface area contributed by atoms with Gasteiger partial charge in [0.15, 0.2) is 0 Å². The van der Waals surface area contributed by atoms with Crippen molar-refractivity contribution in [2.24, 2.45) is 0 Å². The lowest BCUT2D eigenvalue weighted by molar-refractivity contribution is -0.138. The van der Waals surface area contributed by atoms with Crippen molar-refractivity contribution < 1.29 is 17.9 Å². The van der Waals surface area contributed by atoms with Crippen LogP contribution in [0, 0.1) is 6.92 Å². The first kappa shape index (κ1) is 12.5. The number of alkyl halides is 3. The van der Waals surface area contributed by atoms with Gasteiger partial charge in [-0.25, -0.2) is 0 Å². The van der Waals surface area contributed by atoms with E-state index in [0.717, 1.165) is 6.07 Å². The minimum Gasteiger partial charge on any atom is -0.457 e. The summed E-state index contributed by atoms with van der Waals surface area (Å²) in [6, 6.07) is 12.6. The Hall–Kier alpha value is -1.97. The summed E-state index contributed by atoms with van der Waals surface area (Å²) in [6.07, 6.45) is -4.36. The standard InChI is InChI=1S/C14H11F3O/c1-10-7-8-12(9-13(10)14(15,16)17)18-11-5-3-2-4-6-11/h2-9H,1H3. The van der Waals surface area contributed by atoms with Gasteiger partial charge in [0.25, 0.3) is 0 Å². The SMILES string of the molecule is Cc1ccc(Oc2ccccc2)cc1C(F)(F)F. The van der Waals surface area contributed by atoms with Gasteiger partial charge in [-0.05, 0) is 36.8 Å². The van der Waals surface area contributed by atoms with Crippen molar-refractivity contribution in [2.45, 2.75) is 13.1 Å². The molecule has 0 aliphatic rings. The highest BCUT2D eigenvalue weighted by molar-refractivity contribution is 5.39. The van der Waals surface area contributed by atoms with E-state index in [4.69, 9.17) is 4.74 Å². The molecule has 0 atom stereocenters. The Bertz CT molecular complexity index is 532. The van der Waals surface area contributed by atoms with E-state index in [0.29, 0.717) is 5.75 Å². The molecule has 0 bridgehead atoms. The number of ether oxygens (including phenoxy) is 1. The molecule has 0 unspecified atom stereocenters. The van der Waals surface area contributed by atoms with Crippen LogP contribution in [0.1, 0.15) is 11.1 Å². The van der Waals surface area contributed by atoms with Crippen LogP contribution in [0.15, 0.2) is 48.5 Å². The molecule has 0 saturated heterocycles. The molecule has 0 heterocycles. The first-order chi connectivity index (χ1) is 8.47. The number of para-hydroxylation sites is 1. The number of rotatable bonds is 2. The van der Waals surface area contributed by atoms with Gasteiger partial charge < -0.3 is 4.74 Å². The van der Waals surface area contributed by atoms with Crippen LogP contribution in [0.3, 0.4) is 0 Å². The molecule has 0 radical (unpaired) electrons. The summed E-state index contributed by atoms with van der Waals surface area (Å²) in [5.41, 5.74) is -0.487. The van der Waals surface area contributed by atoms with E-state index in [9.17, 15) is 13.2 Å². The van der Waals surface area contributed by atoms with Gasteiger partial charge in [0, 0.05) is 0 Å². The number of hydrogen-bond acceptors (Lipinski definition) is 1. The third-order valence-electron chi connectivity index (χ3n) is 2.49. The predicted molar refractivity (Wildman–Crippen MR) is 62.7 cm³/mol. The van der Waals surface area contributed by atoms with Crippen molar-refractivity contribution >= 4 is 0 Å². The monoisotopic (exact) mass is 252 g/mol. The topological polar surface area (TPSA) is 9.23 Å². The molecule has 0 N–H and O–H groups in total. The Morgan fingerprint density at radius 1 is 0.889 bits per heavy atom. The molecular formula is C14H11F3O. The summed E-state index contributed by atoms with van der Waals surface area (Å²) in [4.78, 5) is 0. The molecule has 2 aromatic carbocycles. The Morgan fingerprint density at radius 2 is 1.56 bits per heavy atom. The van der Waals surface area contributed by atoms with Gasteiger partial charge >= 0.3 is 6.18 Å². The Labute approximate surface area is 103 Å². The van der Waals surface area contributed by atoms with Gasteiger partial charge in [-0.2, -0.15) is 13.2 Å². The lowest BCUT2D eigenvalue weighted by Crippen LogP contribution is -2.07. The maximum atomic E-state index is 12.7. The quantitative estimate of drug-likeness (QED) is 0.745. The lowest BCUT2D eigenvalue weighted by atomic mass is 10.1. The predicted octanol–water partition coefficient (Wildman–Crippen LogP) is 4.81. The molecule has 2 aromatic rings. The molecular weight excluding hydrogens is 241 g/mol. The first-order valence-electron chi connectivity index (χ1n) is 5.37. The second kappa shape index (κ2) is 4.72. The molecule has 0 aromatic heterocycles. The summed E-state index contributed by atoms with van der Waals surface area (Å²) in [5, 5.41) is 0. The molecule has 94 valence electrons. The van der Waals surface area contributed by atoms with E-state index >= 15 is 0 Å². The third kappa shape index (κ3) is 2.83. The highest BCUT2D eigenvalue weighted by atomic mass is 19.4. The van der Waals surface area contributed by atoms with Crippen molar-refractivity contribution in [3.63, 3.8) is 0 Å². The largest absolute Gasteiger partial charge is 0.457 e. The average molecular weight is 252 g/mol. The van der Waals surface area contributed by atoms with E-state index in [2.05, 4.69) is 0 Å². The van der Waals surface area contributed by atoms with Crippen LogP contribution in [0.25, 0.3) is 0 Å². The minimum absolute atomic E-state index is 0.180. The van der Waals surface area contributed by atoms with Crippen molar-refractivity contribution in [3.8, 4) is 11.5 Å². The highest BCUT2D eigenvalue weighted by Gasteiger charge is 2.32. The lowest BCUT2D eigenvalue weighted by Gasteiger charge is -2.12. The zero-order valence-corrected chi connectivity index (χ0v) is 9.66. The molecule has 4 heteroatoms. The normalized spacial score (nSPS) is 11.3. The van der Waals surface area contributed by atoms with E-state index in [-0.39, 0.29) is 11.3 Å². The summed E-state index contributed by atoms with van der Waals surface area (Å²) in [6.45, 7) is 1.43. The van der Waals surface area contributed by atoms with Crippen molar-refractivity contribution in [2.75, 3.05) is 0 Å². The van der Waals surface area contributed by atoms with Crippen LogP contribution < -0.4 is 4.74 Å². The maximum absolute atomic E-state index is 12.7. The summed E-state index contributed by atoms with van der Waals surface area (Å²) < 4.78 is 43.5. The van der Waals surface area contributed by atoms with Gasteiger partial charge in [-0.3, -0.25) is 0 Å². The fraction of sp³-hybridized carbons (Fsp3) is 0.143. The minimum atomic E-state index is -4.36. The Morgan fingerprint density at radius 3 is 2.17 bits per heavy atom. The van der Waals surface area contributed by atoms with E-state index in [1.54, 1.807) is 24.3 Å². The summed E-state index contributed by atoms with van der Waals surface area (Å²) in [7, 11) is 0. The van der Waals surface area contributed by atoms with Crippen LogP contribution in [0.2, 0.25) is 0 Å². The van der Waals surface area contributed by atoms with E-state index in [1.165, 1.54) is 19.1 Å². The van der Waals surface area contributed by atoms with Gasteiger partial charge in [-0.1, -0.05) is 24.3 Å². The van der Waals surface area contributed by atoms with Crippen LogP contribution in [-0.4, -0.2) is 0 Å². The van der Waals surface area contributed by atoms with Crippen LogP contribution >= 0.6 is 0 Å². The number of halogens is 3. The van der Waals surface area contributed by atoms with Crippen LogP contribution in [0.4, 0.5) is 13.2 Å². The third-order valence-corrected chi connectivity index (χ3v) is 2.49. The Balaban J connectivity index is 2.31. The fourth-order valence-corrected chi connectivity index (χ4v) is 1.59. The zero-order chi connectivity index (χ0) is 13.2. The van der Waals surface area contributed by atoms with Crippen LogP contribution in [0.5, 0.6) is 11.5 Å². The number of benzene rings is 2. The second-order valence-electron chi connectivity index (χ2n) is 3.89. The van der Waals surface area contributed by atoms with E-state index < -0.39 is 11.7 Å². The average Bonchev–Trinajstić information content (AvgIpc) is 2.31. The molecule has 0 saturated carbocycles. The molecule has 2 rings (SSSR count). The summed E-state index contributed by atoms with van der Waals surface area (Å²) >= 11 is 0. The molecule has 0 aliphatic heterocycles. The number of hydrogen-bond donors (Lipinski definition) is 0. The molecule has 0 amide bonds. The molecule has 18 heavy (non-hydrogen) atoms. The Kier molecular flexibility index (Phi) is 3.28. The fourth-order valence-electron chi connectivity index (χ4n) is 1.59. The second-order valence-corrected chi connectivity index (χ2v) is 3.89. The van der Waals surface area contributed by atoms with E-state index in [1.807, 2.05) is 6.07 Å². The number of aryl methyl sites for hydroxylation is 1. The molecule has 0 fully saturated rings. The van der Waals surface area contributed by atoms with Crippen molar-refractivity contribution in [3.05, 3.63) is 59.7 Å². The first-order valence-corrected chi connectivity index (χ1v) is 5.37. The van der Waals surface area contributed by atoms with Gasteiger partial charge in [0.2, 0.25) is 0 Å². The van der Waals surface area contributed by atoms with Gasteiger partial charge in [0.1, 0.15) is 11.5 Å². The molecule has 1 nitrogen and oxygen atoms in total. The van der Waals surface area contributed by atoms with Crippen molar-refractivity contribution in [1.82, 2.24) is 0 Å². The highest BCUT2D eigenvalue weighted by Crippen LogP contribution is 2.35. The van der Waals surface area contributed by atoms with Crippen molar-refractivity contribution in [1.29, 1.82) is 0 Å². The van der Waals surface area contributed by atoms with Crippen LogP contribution in [-0.2, 0) is 6.18 Å².